The van der Waals surface area contributed by atoms with E-state index >= 15 is 0 Å². The summed E-state index contributed by atoms with van der Waals surface area (Å²) < 4.78 is 29.8. The molecular formula is C21H21F2N7O. The Bertz CT molecular complexity index is 1260. The average molecular weight is 425 g/mol. The molecule has 1 saturated heterocycles. The fourth-order valence-corrected chi connectivity index (χ4v) is 3.97. The van der Waals surface area contributed by atoms with E-state index in [-0.39, 0.29) is 6.04 Å². The standard InChI is InChI=1S/C21H21F2N7O/c1-21(2,31)20-26-18(27-28-20)14-11-24-30-9-7-17(25-19(14)30)29-8-3-4-16(29)13-10-12(22)5-6-15(13)23/h5-7,9-11,16,31H,3-4,8H2,1-2H3,(H,26,27,28)/t16-/m1/s1. The summed E-state index contributed by atoms with van der Waals surface area (Å²) in [6.07, 6.45) is 4.92. The number of H-pyrrole nitrogens is 1. The van der Waals surface area contributed by atoms with Crippen LogP contribution in [0.1, 0.15) is 44.1 Å². The van der Waals surface area contributed by atoms with E-state index in [1.807, 2.05) is 4.90 Å². The Kier molecular flexibility index (Phi) is 4.47. The Morgan fingerprint density at radius 3 is 2.81 bits per heavy atom. The van der Waals surface area contributed by atoms with Crippen molar-refractivity contribution in [1.82, 2.24) is 29.8 Å². The molecule has 2 N–H and O–H groups in total. The van der Waals surface area contributed by atoms with E-state index in [1.165, 1.54) is 6.07 Å². The number of aromatic nitrogens is 6. The minimum atomic E-state index is -1.16. The first-order valence-corrected chi connectivity index (χ1v) is 10.0. The van der Waals surface area contributed by atoms with E-state index in [4.69, 9.17) is 4.98 Å². The number of hydrogen-bond donors (Lipinski definition) is 2. The molecule has 0 aliphatic carbocycles. The maximum Gasteiger partial charge on any atom is 0.186 e. The number of aromatic amines is 1. The molecule has 8 nitrogen and oxygen atoms in total. The zero-order valence-electron chi connectivity index (χ0n) is 17.0. The van der Waals surface area contributed by atoms with E-state index in [0.717, 1.165) is 18.6 Å². The van der Waals surface area contributed by atoms with Crippen molar-refractivity contribution in [1.29, 1.82) is 0 Å². The molecule has 0 spiro atoms. The van der Waals surface area contributed by atoms with Gasteiger partial charge in [-0.25, -0.2) is 23.3 Å². The SMILES string of the molecule is CC(C)(O)c1nc(-c2cnn3ccc(N4CCC[C@@H]4c4cc(F)ccc4F)nc23)n[nH]1. The first-order valence-electron chi connectivity index (χ1n) is 10.0. The van der Waals surface area contributed by atoms with Crippen molar-refractivity contribution in [2.75, 3.05) is 11.4 Å². The number of nitrogens with one attached hydrogen (secondary N) is 1. The molecule has 1 aromatic carbocycles. The van der Waals surface area contributed by atoms with Gasteiger partial charge < -0.3 is 10.0 Å². The maximum absolute atomic E-state index is 14.4. The number of nitrogens with zero attached hydrogens (tertiary/aromatic N) is 6. The number of hydrogen-bond acceptors (Lipinski definition) is 6. The second kappa shape index (κ2) is 7.09. The summed E-state index contributed by atoms with van der Waals surface area (Å²) in [5.74, 6) is 0.449. The normalized spacial score (nSPS) is 17.1. The number of aliphatic hydroxyl groups is 1. The molecule has 1 atom stereocenters. The fraction of sp³-hybridized carbons (Fsp3) is 0.333. The second-order valence-electron chi connectivity index (χ2n) is 8.20. The van der Waals surface area contributed by atoms with Crippen LogP contribution < -0.4 is 4.90 Å². The highest BCUT2D eigenvalue weighted by Crippen LogP contribution is 2.37. The van der Waals surface area contributed by atoms with Gasteiger partial charge in [0.25, 0.3) is 0 Å². The average Bonchev–Trinajstić information content (AvgIpc) is 3.47. The number of benzene rings is 1. The van der Waals surface area contributed by atoms with Crippen LogP contribution in [0.3, 0.4) is 0 Å². The molecule has 1 aliphatic heterocycles. The van der Waals surface area contributed by atoms with Gasteiger partial charge in [-0.15, -0.1) is 0 Å². The largest absolute Gasteiger partial charge is 0.382 e. The predicted octanol–water partition coefficient (Wildman–Crippen LogP) is 3.36. The van der Waals surface area contributed by atoms with Crippen molar-refractivity contribution in [2.45, 2.75) is 38.3 Å². The van der Waals surface area contributed by atoms with Crippen LogP contribution in [0.15, 0.2) is 36.7 Å². The molecule has 0 amide bonds. The molecule has 10 heteroatoms. The lowest BCUT2D eigenvalue weighted by Crippen LogP contribution is -2.24. The third-order valence-electron chi connectivity index (χ3n) is 5.52. The van der Waals surface area contributed by atoms with E-state index in [9.17, 15) is 13.9 Å². The van der Waals surface area contributed by atoms with Crippen LogP contribution in [0.4, 0.5) is 14.6 Å². The molecule has 31 heavy (non-hydrogen) atoms. The van der Waals surface area contributed by atoms with Crippen LogP contribution in [0.5, 0.6) is 0 Å². The quantitative estimate of drug-likeness (QED) is 0.521. The predicted molar refractivity (Wildman–Crippen MR) is 109 cm³/mol. The Labute approximate surface area is 176 Å². The molecular weight excluding hydrogens is 404 g/mol. The van der Waals surface area contributed by atoms with Gasteiger partial charge in [0.2, 0.25) is 0 Å². The van der Waals surface area contributed by atoms with Gasteiger partial charge in [-0.3, -0.25) is 5.10 Å². The van der Waals surface area contributed by atoms with Crippen molar-refractivity contribution in [3.05, 3.63) is 59.7 Å². The molecule has 0 unspecified atom stereocenters. The van der Waals surface area contributed by atoms with E-state index in [0.29, 0.717) is 47.2 Å². The first kappa shape index (κ1) is 19.6. The molecule has 0 radical (unpaired) electrons. The van der Waals surface area contributed by atoms with Gasteiger partial charge in [0.1, 0.15) is 23.1 Å². The minimum absolute atomic E-state index is 0.303. The number of halogens is 2. The van der Waals surface area contributed by atoms with Crippen LogP contribution in [0.25, 0.3) is 17.0 Å². The van der Waals surface area contributed by atoms with E-state index < -0.39 is 17.2 Å². The van der Waals surface area contributed by atoms with Crippen molar-refractivity contribution >= 4 is 11.5 Å². The molecule has 3 aromatic heterocycles. The van der Waals surface area contributed by atoms with Gasteiger partial charge >= 0.3 is 0 Å². The van der Waals surface area contributed by atoms with Crippen LogP contribution in [0.2, 0.25) is 0 Å². The van der Waals surface area contributed by atoms with Crippen LogP contribution in [-0.2, 0) is 5.60 Å². The van der Waals surface area contributed by atoms with Gasteiger partial charge in [0, 0.05) is 18.3 Å². The highest BCUT2D eigenvalue weighted by atomic mass is 19.1. The summed E-state index contributed by atoms with van der Waals surface area (Å²) in [5, 5.41) is 21.4. The lowest BCUT2D eigenvalue weighted by atomic mass is 10.0. The number of fused-ring (bicyclic) bond motifs is 1. The third-order valence-corrected chi connectivity index (χ3v) is 5.52. The van der Waals surface area contributed by atoms with Gasteiger partial charge in [0.15, 0.2) is 17.3 Å². The minimum Gasteiger partial charge on any atom is -0.382 e. The molecule has 160 valence electrons. The smallest absolute Gasteiger partial charge is 0.186 e. The summed E-state index contributed by atoms with van der Waals surface area (Å²) >= 11 is 0. The highest BCUT2D eigenvalue weighted by Gasteiger charge is 2.30. The summed E-state index contributed by atoms with van der Waals surface area (Å²) in [7, 11) is 0. The van der Waals surface area contributed by atoms with Gasteiger partial charge in [-0.05, 0) is 51.0 Å². The Balaban J connectivity index is 1.55. The van der Waals surface area contributed by atoms with Crippen molar-refractivity contribution in [3.63, 3.8) is 0 Å². The first-order chi connectivity index (χ1) is 14.8. The highest BCUT2D eigenvalue weighted by molar-refractivity contribution is 5.73. The Morgan fingerprint density at radius 2 is 2.03 bits per heavy atom. The zero-order valence-corrected chi connectivity index (χ0v) is 17.0. The molecule has 4 heterocycles. The van der Waals surface area contributed by atoms with Crippen LogP contribution >= 0.6 is 0 Å². The molecule has 5 rings (SSSR count). The van der Waals surface area contributed by atoms with Gasteiger partial charge in [0.05, 0.1) is 17.8 Å². The van der Waals surface area contributed by atoms with Crippen molar-refractivity contribution in [3.8, 4) is 11.4 Å². The van der Waals surface area contributed by atoms with E-state index in [2.05, 4.69) is 20.3 Å². The van der Waals surface area contributed by atoms with Crippen molar-refractivity contribution in [2.24, 2.45) is 0 Å². The number of rotatable bonds is 4. The summed E-state index contributed by atoms with van der Waals surface area (Å²) in [4.78, 5) is 11.1. The zero-order chi connectivity index (χ0) is 21.8. The monoisotopic (exact) mass is 425 g/mol. The lowest BCUT2D eigenvalue weighted by molar-refractivity contribution is 0.0692. The Morgan fingerprint density at radius 1 is 1.19 bits per heavy atom. The second-order valence-corrected chi connectivity index (χ2v) is 8.20. The fourth-order valence-electron chi connectivity index (χ4n) is 3.97. The molecule has 1 fully saturated rings. The molecule has 0 saturated carbocycles. The molecule has 1 aliphatic rings. The van der Waals surface area contributed by atoms with Gasteiger partial charge in [-0.1, -0.05) is 0 Å². The topological polar surface area (TPSA) is 95.2 Å². The summed E-state index contributed by atoms with van der Waals surface area (Å²) in [6.45, 7) is 3.91. The van der Waals surface area contributed by atoms with Crippen LogP contribution in [0, 0.1) is 11.6 Å². The maximum atomic E-state index is 14.4. The van der Waals surface area contributed by atoms with E-state index in [1.54, 1.807) is 36.8 Å². The Hall–Kier alpha value is -3.40. The van der Waals surface area contributed by atoms with Gasteiger partial charge in [-0.2, -0.15) is 10.2 Å². The third kappa shape index (κ3) is 3.42. The van der Waals surface area contributed by atoms with Crippen molar-refractivity contribution < 1.29 is 13.9 Å². The number of anilines is 1. The van der Waals surface area contributed by atoms with Crippen LogP contribution in [-0.4, -0.2) is 41.4 Å². The molecule has 4 aromatic rings. The summed E-state index contributed by atoms with van der Waals surface area (Å²) in [5.41, 5.74) is 0.298. The summed E-state index contributed by atoms with van der Waals surface area (Å²) in [6, 6.07) is 5.05. The lowest BCUT2D eigenvalue weighted by Gasteiger charge is -2.26. The molecule has 0 bridgehead atoms.